The largest absolute Gasteiger partial charge is 0.353 e. The fraction of sp³-hybridized carbons (Fsp3) is 0.696. The monoisotopic (exact) mass is 461 g/mol. The lowest BCUT2D eigenvalue weighted by Gasteiger charge is -2.31. The molecule has 0 radical (unpaired) electrons. The van der Waals surface area contributed by atoms with Gasteiger partial charge in [-0.1, -0.05) is 44.2 Å². The molecule has 0 unspecified atom stereocenters. The molecule has 2 heterocycles. The van der Waals surface area contributed by atoms with Crippen molar-refractivity contribution in [2.24, 2.45) is 5.92 Å². The molecule has 2 aromatic rings. The van der Waals surface area contributed by atoms with Crippen molar-refractivity contribution < 1.29 is 13.2 Å². The Morgan fingerprint density at radius 1 is 1.06 bits per heavy atom. The summed E-state index contributed by atoms with van der Waals surface area (Å²) < 4.78 is 29.7. The highest BCUT2D eigenvalue weighted by Gasteiger charge is 2.33. The molecule has 1 aliphatic heterocycles. The van der Waals surface area contributed by atoms with Crippen molar-refractivity contribution in [2.45, 2.75) is 88.6 Å². The Labute approximate surface area is 190 Å². The number of fused-ring (bicyclic) bond motifs is 1. The number of amides is 1. The fourth-order valence-electron chi connectivity index (χ4n) is 4.92. The van der Waals surface area contributed by atoms with Crippen LogP contribution in [-0.2, 0) is 21.4 Å². The molecule has 4 rings (SSSR count). The zero-order valence-corrected chi connectivity index (χ0v) is 19.8. The molecule has 2 fully saturated rings. The number of aromatic nitrogens is 3. The smallest absolute Gasteiger partial charge is 0.243 e. The Kier molecular flexibility index (Phi) is 7.45. The molecular formula is C23H35N5O3S. The van der Waals surface area contributed by atoms with Gasteiger partial charge in [0.25, 0.3) is 0 Å². The Morgan fingerprint density at radius 3 is 2.44 bits per heavy atom. The first-order chi connectivity index (χ1) is 15.5. The summed E-state index contributed by atoms with van der Waals surface area (Å²) in [7, 11) is -3.62. The van der Waals surface area contributed by atoms with Crippen LogP contribution in [0.25, 0.3) is 11.0 Å². The first-order valence-corrected chi connectivity index (χ1v) is 13.6. The van der Waals surface area contributed by atoms with Crippen LogP contribution in [0.2, 0.25) is 0 Å². The van der Waals surface area contributed by atoms with E-state index < -0.39 is 10.0 Å². The predicted molar refractivity (Wildman–Crippen MR) is 124 cm³/mol. The second kappa shape index (κ2) is 10.3. The third-order valence-electron chi connectivity index (χ3n) is 6.83. The second-order valence-electron chi connectivity index (χ2n) is 9.19. The summed E-state index contributed by atoms with van der Waals surface area (Å²) >= 11 is 0. The van der Waals surface area contributed by atoms with E-state index in [0.29, 0.717) is 31.4 Å². The minimum Gasteiger partial charge on any atom is -0.353 e. The van der Waals surface area contributed by atoms with Crippen LogP contribution in [0.4, 0.5) is 0 Å². The van der Waals surface area contributed by atoms with Crippen LogP contribution in [0.15, 0.2) is 23.1 Å². The molecule has 0 spiro atoms. The molecule has 8 nitrogen and oxygen atoms in total. The summed E-state index contributed by atoms with van der Waals surface area (Å²) in [4.78, 5) is 13.0. The first kappa shape index (κ1) is 23.2. The first-order valence-electron chi connectivity index (χ1n) is 12.1. The average molecular weight is 462 g/mol. The molecule has 1 aromatic carbocycles. The summed E-state index contributed by atoms with van der Waals surface area (Å²) in [6, 6.07) is 5.31. The van der Waals surface area contributed by atoms with Crippen LogP contribution in [0.5, 0.6) is 0 Å². The quantitative estimate of drug-likeness (QED) is 0.710. The van der Waals surface area contributed by atoms with Crippen LogP contribution in [-0.4, -0.2) is 52.8 Å². The SMILES string of the molecule is CCCn1nnc2cc(S(=O)(=O)N3CCC(C(=O)NC4CCCCCCC4)CC3)ccc21. The molecule has 1 saturated carbocycles. The molecule has 176 valence electrons. The molecule has 0 bridgehead atoms. The summed E-state index contributed by atoms with van der Waals surface area (Å²) in [5, 5.41) is 11.5. The molecule has 32 heavy (non-hydrogen) atoms. The van der Waals surface area contributed by atoms with Crippen LogP contribution in [0.3, 0.4) is 0 Å². The molecule has 1 N–H and O–H groups in total. The van der Waals surface area contributed by atoms with Crippen molar-refractivity contribution in [3.8, 4) is 0 Å². The number of nitrogens with one attached hydrogen (secondary N) is 1. The van der Waals surface area contributed by atoms with Crippen molar-refractivity contribution in [1.29, 1.82) is 0 Å². The Morgan fingerprint density at radius 2 is 1.75 bits per heavy atom. The Balaban J connectivity index is 1.36. The molecule has 0 atom stereocenters. The lowest BCUT2D eigenvalue weighted by atomic mass is 9.94. The highest BCUT2D eigenvalue weighted by Crippen LogP contribution is 2.26. The summed E-state index contributed by atoms with van der Waals surface area (Å²) in [6.45, 7) is 3.55. The van der Waals surface area contributed by atoms with Crippen LogP contribution >= 0.6 is 0 Å². The van der Waals surface area contributed by atoms with Crippen molar-refractivity contribution in [3.05, 3.63) is 18.2 Å². The van der Waals surface area contributed by atoms with E-state index in [0.717, 1.165) is 31.3 Å². The number of carbonyl (C=O) groups is 1. The van der Waals surface area contributed by atoms with E-state index in [1.807, 2.05) is 0 Å². The molecule has 1 amide bonds. The van der Waals surface area contributed by atoms with Gasteiger partial charge in [0.2, 0.25) is 15.9 Å². The highest BCUT2D eigenvalue weighted by molar-refractivity contribution is 7.89. The number of rotatable bonds is 6. The molecule has 2 aliphatic rings. The van der Waals surface area contributed by atoms with E-state index in [9.17, 15) is 13.2 Å². The number of benzene rings is 1. The number of hydrogen-bond acceptors (Lipinski definition) is 5. The lowest BCUT2D eigenvalue weighted by molar-refractivity contribution is -0.127. The minimum atomic E-state index is -3.62. The van der Waals surface area contributed by atoms with E-state index in [4.69, 9.17) is 0 Å². The van der Waals surface area contributed by atoms with E-state index in [2.05, 4.69) is 22.6 Å². The standard InChI is InChI=1S/C23H35N5O3S/c1-2-14-28-22-11-10-20(17-21(22)25-26-28)32(30,31)27-15-12-18(13-16-27)23(29)24-19-8-6-4-3-5-7-9-19/h10-11,17-19H,2-9,12-16H2,1H3,(H,24,29). The van der Waals surface area contributed by atoms with Crippen LogP contribution < -0.4 is 5.32 Å². The fourth-order valence-corrected chi connectivity index (χ4v) is 6.41. The van der Waals surface area contributed by atoms with Gasteiger partial charge in [0.05, 0.1) is 10.4 Å². The summed E-state index contributed by atoms with van der Waals surface area (Å²) in [6.07, 6.45) is 10.3. The lowest BCUT2D eigenvalue weighted by Crippen LogP contribution is -2.45. The molecular weight excluding hydrogens is 426 g/mol. The van der Waals surface area contributed by atoms with E-state index >= 15 is 0 Å². The highest BCUT2D eigenvalue weighted by atomic mass is 32.2. The third kappa shape index (κ3) is 5.14. The number of aryl methyl sites for hydroxylation is 1. The number of piperidine rings is 1. The zero-order chi connectivity index (χ0) is 22.6. The molecule has 1 aromatic heterocycles. The van der Waals surface area contributed by atoms with Crippen molar-refractivity contribution in [1.82, 2.24) is 24.6 Å². The second-order valence-corrected chi connectivity index (χ2v) is 11.1. The number of sulfonamides is 1. The van der Waals surface area contributed by atoms with Gasteiger partial charge in [-0.2, -0.15) is 4.31 Å². The van der Waals surface area contributed by atoms with E-state index in [1.165, 1.54) is 36.4 Å². The van der Waals surface area contributed by atoms with Crippen molar-refractivity contribution >= 4 is 27.0 Å². The van der Waals surface area contributed by atoms with Gasteiger partial charge in [-0.15, -0.1) is 5.10 Å². The Bertz CT molecular complexity index is 1020. The summed E-state index contributed by atoms with van der Waals surface area (Å²) in [5.41, 5.74) is 1.43. The number of hydrogen-bond donors (Lipinski definition) is 1. The van der Waals surface area contributed by atoms with Crippen LogP contribution in [0, 0.1) is 5.92 Å². The zero-order valence-electron chi connectivity index (χ0n) is 19.0. The number of carbonyl (C=O) groups excluding carboxylic acids is 1. The van der Waals surface area contributed by atoms with Gasteiger partial charge in [-0.25, -0.2) is 13.1 Å². The maximum atomic E-state index is 13.2. The third-order valence-corrected chi connectivity index (χ3v) is 8.73. The number of nitrogens with zero attached hydrogens (tertiary/aromatic N) is 4. The van der Waals surface area contributed by atoms with Gasteiger partial charge in [0, 0.05) is 31.6 Å². The van der Waals surface area contributed by atoms with E-state index in [-0.39, 0.29) is 22.8 Å². The average Bonchev–Trinajstić information content (AvgIpc) is 3.18. The van der Waals surface area contributed by atoms with Crippen molar-refractivity contribution in [2.75, 3.05) is 13.1 Å². The van der Waals surface area contributed by atoms with Gasteiger partial charge in [-0.3, -0.25) is 4.79 Å². The predicted octanol–water partition coefficient (Wildman–Crippen LogP) is 3.47. The topological polar surface area (TPSA) is 97.2 Å². The Hall–Kier alpha value is -2.00. The van der Waals surface area contributed by atoms with E-state index in [1.54, 1.807) is 22.9 Å². The molecule has 9 heteroatoms. The minimum absolute atomic E-state index is 0.0987. The van der Waals surface area contributed by atoms with Crippen LogP contribution in [0.1, 0.15) is 71.1 Å². The van der Waals surface area contributed by atoms with Crippen molar-refractivity contribution in [3.63, 3.8) is 0 Å². The molecule has 1 saturated heterocycles. The summed E-state index contributed by atoms with van der Waals surface area (Å²) in [5.74, 6) is -0.00936. The maximum absolute atomic E-state index is 13.2. The van der Waals surface area contributed by atoms with Gasteiger partial charge in [-0.05, 0) is 50.3 Å². The normalized spacial score (nSPS) is 20.2. The molecule has 1 aliphatic carbocycles. The maximum Gasteiger partial charge on any atom is 0.243 e. The van der Waals surface area contributed by atoms with Gasteiger partial charge in [0.1, 0.15) is 5.52 Å². The van der Waals surface area contributed by atoms with Gasteiger partial charge in [0.15, 0.2) is 0 Å². The van der Waals surface area contributed by atoms with Gasteiger partial charge < -0.3 is 5.32 Å². The van der Waals surface area contributed by atoms with Gasteiger partial charge >= 0.3 is 0 Å².